The van der Waals surface area contributed by atoms with Crippen LogP contribution in [0, 0.1) is 28.8 Å². The summed E-state index contributed by atoms with van der Waals surface area (Å²) in [6, 6.07) is 1.26. The van der Waals surface area contributed by atoms with Crippen LogP contribution >= 0.6 is 11.8 Å². The molecule has 0 saturated heterocycles. The fourth-order valence-corrected chi connectivity index (χ4v) is 2.40. The second kappa shape index (κ2) is 6.15. The molecule has 9 heteroatoms. The minimum atomic E-state index is -1.59. The highest BCUT2D eigenvalue weighted by Gasteiger charge is 2.24. The van der Waals surface area contributed by atoms with Gasteiger partial charge in [-0.2, -0.15) is 5.26 Å². The number of rotatable bonds is 4. The Hall–Kier alpha value is -2.05. The molecular weight excluding hydrogens is 305 g/mol. The zero-order valence-corrected chi connectivity index (χ0v) is 11.6. The van der Waals surface area contributed by atoms with Gasteiger partial charge in [0.2, 0.25) is 0 Å². The molecule has 0 bridgehead atoms. The number of nitrogens with two attached hydrogens (primary N) is 1. The fraction of sp³-hybridized carbons (Fsp3) is 0.250. The van der Waals surface area contributed by atoms with Crippen molar-refractivity contribution >= 4 is 28.5 Å². The maximum atomic E-state index is 14.0. The topological polar surface area (TPSA) is 84.8 Å². The van der Waals surface area contributed by atoms with Crippen LogP contribution in [0.2, 0.25) is 0 Å². The van der Waals surface area contributed by atoms with Gasteiger partial charge in [0.15, 0.2) is 22.6 Å². The summed E-state index contributed by atoms with van der Waals surface area (Å²) >= 11 is 1.10. The average Bonchev–Trinajstić information content (AvgIpc) is 2.45. The van der Waals surface area contributed by atoms with E-state index in [1.807, 2.05) is 0 Å². The van der Waals surface area contributed by atoms with Crippen molar-refractivity contribution in [3.8, 4) is 6.07 Å². The van der Waals surface area contributed by atoms with Gasteiger partial charge in [0, 0.05) is 12.9 Å². The minimum Gasteiger partial charge on any atom is -0.384 e. The molecule has 1 aromatic carbocycles. The van der Waals surface area contributed by atoms with Crippen molar-refractivity contribution in [2.45, 2.75) is 5.16 Å². The number of benzene rings is 1. The second-order valence-electron chi connectivity index (χ2n) is 3.89. The number of fused-ring (bicyclic) bond motifs is 1. The molecule has 0 aliphatic rings. The zero-order valence-electron chi connectivity index (χ0n) is 10.8. The number of anilines is 1. The first kappa shape index (κ1) is 15.3. The van der Waals surface area contributed by atoms with E-state index in [1.54, 1.807) is 0 Å². The first-order chi connectivity index (χ1) is 10.0. The Balaban J connectivity index is 2.65. The summed E-state index contributed by atoms with van der Waals surface area (Å²) in [5, 5.41) is 8.25. The second-order valence-corrected chi connectivity index (χ2v) is 4.95. The molecule has 0 saturated carbocycles. The Labute approximate surface area is 121 Å². The van der Waals surface area contributed by atoms with Gasteiger partial charge < -0.3 is 10.5 Å². The summed E-state index contributed by atoms with van der Waals surface area (Å²) in [5.41, 5.74) is 3.94. The Morgan fingerprint density at radius 1 is 1.24 bits per heavy atom. The summed E-state index contributed by atoms with van der Waals surface area (Å²) in [6.07, 6.45) is 0. The van der Waals surface area contributed by atoms with Gasteiger partial charge in [0.1, 0.15) is 23.0 Å². The number of methoxy groups -OCH3 is 1. The highest BCUT2D eigenvalue weighted by Crippen LogP contribution is 2.30. The van der Waals surface area contributed by atoms with Crippen molar-refractivity contribution in [1.82, 2.24) is 9.97 Å². The van der Waals surface area contributed by atoms with Crippen molar-refractivity contribution in [3.05, 3.63) is 23.0 Å². The molecule has 0 aliphatic heterocycles. The van der Waals surface area contributed by atoms with Gasteiger partial charge in [-0.05, 0) is 0 Å². The molecule has 21 heavy (non-hydrogen) atoms. The SMILES string of the molecule is COCCSc1nc(N)c2c(F)c(C#N)c(F)c(F)c2n1. The van der Waals surface area contributed by atoms with Gasteiger partial charge >= 0.3 is 0 Å². The summed E-state index contributed by atoms with van der Waals surface area (Å²) in [6.45, 7) is 0.393. The average molecular weight is 314 g/mol. The van der Waals surface area contributed by atoms with E-state index in [4.69, 9.17) is 15.7 Å². The first-order valence-electron chi connectivity index (χ1n) is 5.66. The summed E-state index contributed by atoms with van der Waals surface area (Å²) in [5.74, 6) is -4.17. The summed E-state index contributed by atoms with van der Waals surface area (Å²) < 4.78 is 46.3. The van der Waals surface area contributed by atoms with Crippen molar-refractivity contribution in [1.29, 1.82) is 5.26 Å². The molecule has 0 spiro atoms. The third-order valence-corrected chi connectivity index (χ3v) is 3.42. The third-order valence-electron chi connectivity index (χ3n) is 2.61. The van der Waals surface area contributed by atoms with E-state index in [1.165, 1.54) is 13.2 Å². The normalized spacial score (nSPS) is 10.8. The molecule has 2 N–H and O–H groups in total. The third kappa shape index (κ3) is 2.72. The number of hydrogen-bond acceptors (Lipinski definition) is 6. The van der Waals surface area contributed by atoms with Gasteiger partial charge in [-0.25, -0.2) is 23.1 Å². The van der Waals surface area contributed by atoms with Crippen LogP contribution in [0.25, 0.3) is 10.9 Å². The number of ether oxygens (including phenoxy) is 1. The molecule has 0 radical (unpaired) electrons. The number of thioether (sulfide) groups is 1. The van der Waals surface area contributed by atoms with Crippen LogP contribution in [0.5, 0.6) is 0 Å². The van der Waals surface area contributed by atoms with Crippen LogP contribution in [0.4, 0.5) is 19.0 Å². The number of aromatic nitrogens is 2. The highest BCUT2D eigenvalue weighted by atomic mass is 32.2. The van der Waals surface area contributed by atoms with E-state index in [-0.39, 0.29) is 11.0 Å². The zero-order chi connectivity index (χ0) is 15.6. The molecule has 0 aliphatic carbocycles. The molecule has 1 heterocycles. The van der Waals surface area contributed by atoms with Crippen molar-refractivity contribution in [3.63, 3.8) is 0 Å². The van der Waals surface area contributed by atoms with Gasteiger partial charge in [0.25, 0.3) is 0 Å². The summed E-state index contributed by atoms with van der Waals surface area (Å²) in [4.78, 5) is 7.57. The molecule has 0 unspecified atom stereocenters. The Morgan fingerprint density at radius 2 is 1.95 bits per heavy atom. The number of halogens is 3. The van der Waals surface area contributed by atoms with Crippen LogP contribution in [0.3, 0.4) is 0 Å². The highest BCUT2D eigenvalue weighted by molar-refractivity contribution is 7.99. The van der Waals surface area contributed by atoms with E-state index in [0.29, 0.717) is 12.4 Å². The van der Waals surface area contributed by atoms with Gasteiger partial charge in [-0.15, -0.1) is 0 Å². The standard InChI is InChI=1S/C12H9F3N4OS/c1-20-2-3-21-12-18-10-6(11(17)19-12)7(13)5(4-16)8(14)9(10)15/h2-3H2,1H3,(H2,17,18,19). The number of nitrogen functional groups attached to an aromatic ring is 1. The lowest BCUT2D eigenvalue weighted by atomic mass is 10.1. The van der Waals surface area contributed by atoms with Crippen LogP contribution in [-0.2, 0) is 4.74 Å². The molecule has 2 aromatic rings. The molecule has 0 fully saturated rings. The lowest BCUT2D eigenvalue weighted by Crippen LogP contribution is -2.06. The predicted molar refractivity (Wildman–Crippen MR) is 71.1 cm³/mol. The lowest BCUT2D eigenvalue weighted by molar-refractivity contribution is 0.218. The quantitative estimate of drug-likeness (QED) is 0.403. The molecule has 0 atom stereocenters. The molecule has 5 nitrogen and oxygen atoms in total. The van der Waals surface area contributed by atoms with Crippen molar-refractivity contribution in [2.24, 2.45) is 0 Å². The van der Waals surface area contributed by atoms with Crippen LogP contribution in [0.1, 0.15) is 5.56 Å². The minimum absolute atomic E-state index is 0.0689. The molecule has 110 valence electrons. The van der Waals surface area contributed by atoms with Gasteiger partial charge in [-0.1, -0.05) is 11.8 Å². The van der Waals surface area contributed by atoms with E-state index >= 15 is 0 Å². The van der Waals surface area contributed by atoms with Crippen LogP contribution in [-0.4, -0.2) is 29.4 Å². The van der Waals surface area contributed by atoms with Gasteiger partial charge in [-0.3, -0.25) is 0 Å². The number of nitrogens with zero attached hydrogens (tertiary/aromatic N) is 3. The van der Waals surface area contributed by atoms with Crippen LogP contribution < -0.4 is 5.73 Å². The Bertz CT molecular complexity index is 748. The Kier molecular flexibility index (Phi) is 4.50. The van der Waals surface area contributed by atoms with E-state index in [9.17, 15) is 13.2 Å². The van der Waals surface area contributed by atoms with Crippen LogP contribution in [0.15, 0.2) is 5.16 Å². The van der Waals surface area contributed by atoms with Crippen molar-refractivity contribution in [2.75, 3.05) is 25.2 Å². The van der Waals surface area contributed by atoms with E-state index < -0.39 is 33.9 Å². The van der Waals surface area contributed by atoms with E-state index in [0.717, 1.165) is 11.8 Å². The monoisotopic (exact) mass is 314 g/mol. The summed E-state index contributed by atoms with van der Waals surface area (Å²) in [7, 11) is 1.50. The van der Waals surface area contributed by atoms with Gasteiger partial charge in [0.05, 0.1) is 12.0 Å². The van der Waals surface area contributed by atoms with E-state index in [2.05, 4.69) is 9.97 Å². The first-order valence-corrected chi connectivity index (χ1v) is 6.65. The maximum Gasteiger partial charge on any atom is 0.190 e. The molecule has 0 amide bonds. The lowest BCUT2D eigenvalue weighted by Gasteiger charge is -2.08. The molecule has 1 aromatic heterocycles. The fourth-order valence-electron chi connectivity index (χ4n) is 1.65. The number of nitriles is 1. The molecule has 2 rings (SSSR count). The Morgan fingerprint density at radius 3 is 2.57 bits per heavy atom. The largest absolute Gasteiger partial charge is 0.384 e. The van der Waals surface area contributed by atoms with Crippen molar-refractivity contribution < 1.29 is 17.9 Å². The predicted octanol–water partition coefficient (Wildman–Crippen LogP) is 2.24. The smallest absolute Gasteiger partial charge is 0.190 e. The maximum absolute atomic E-state index is 14.0. The molecular formula is C12H9F3N4OS. The number of hydrogen-bond donors (Lipinski definition) is 1.